The van der Waals surface area contributed by atoms with Gasteiger partial charge in [0, 0.05) is 17.3 Å². The smallest absolute Gasteiger partial charge is 0.207 e. The van der Waals surface area contributed by atoms with Crippen molar-refractivity contribution in [1.82, 2.24) is 4.31 Å². The molecule has 116 valence electrons. The van der Waals surface area contributed by atoms with Crippen LogP contribution >= 0.6 is 23.4 Å². The van der Waals surface area contributed by atoms with Crippen LogP contribution in [0.25, 0.3) is 0 Å². The van der Waals surface area contributed by atoms with Gasteiger partial charge in [-0.15, -0.1) is 11.8 Å². The summed E-state index contributed by atoms with van der Waals surface area (Å²) >= 11 is 7.50. The monoisotopic (exact) mass is 353 g/mol. The Hall–Kier alpha value is -1.01. The summed E-state index contributed by atoms with van der Waals surface area (Å²) in [5.41, 5.74) is 2.18. The van der Waals surface area contributed by atoms with Crippen molar-refractivity contribution < 1.29 is 8.42 Å². The van der Waals surface area contributed by atoms with Crippen molar-refractivity contribution in [3.8, 4) is 0 Å². The van der Waals surface area contributed by atoms with Gasteiger partial charge in [-0.3, -0.25) is 0 Å². The highest BCUT2D eigenvalue weighted by Crippen LogP contribution is 2.41. The molecular weight excluding hydrogens is 338 g/mol. The Morgan fingerprint density at radius 1 is 1.09 bits per heavy atom. The SMILES string of the molecule is Cc1ccc(C2SCCN2S(=O)(=O)c2ccc(Cl)cc2)cc1. The van der Waals surface area contributed by atoms with E-state index in [-0.39, 0.29) is 10.3 Å². The molecule has 0 bridgehead atoms. The van der Waals surface area contributed by atoms with E-state index in [1.165, 1.54) is 5.56 Å². The van der Waals surface area contributed by atoms with Gasteiger partial charge in [-0.1, -0.05) is 41.4 Å². The third-order valence-electron chi connectivity index (χ3n) is 3.63. The number of nitrogens with zero attached hydrogens (tertiary/aromatic N) is 1. The van der Waals surface area contributed by atoms with E-state index in [1.54, 1.807) is 40.3 Å². The fourth-order valence-corrected chi connectivity index (χ4v) is 5.80. The zero-order valence-electron chi connectivity index (χ0n) is 12.1. The summed E-state index contributed by atoms with van der Waals surface area (Å²) in [6.07, 6.45) is 0. The van der Waals surface area contributed by atoms with Gasteiger partial charge in [0.1, 0.15) is 0 Å². The van der Waals surface area contributed by atoms with Crippen molar-refractivity contribution in [3.05, 3.63) is 64.7 Å². The van der Waals surface area contributed by atoms with Gasteiger partial charge in [-0.25, -0.2) is 8.42 Å². The maximum Gasteiger partial charge on any atom is 0.244 e. The van der Waals surface area contributed by atoms with Crippen molar-refractivity contribution in [2.24, 2.45) is 0 Å². The van der Waals surface area contributed by atoms with E-state index >= 15 is 0 Å². The molecule has 1 atom stereocenters. The Bertz CT molecular complexity index is 758. The van der Waals surface area contributed by atoms with Gasteiger partial charge in [0.05, 0.1) is 10.3 Å². The van der Waals surface area contributed by atoms with E-state index < -0.39 is 10.0 Å². The Morgan fingerprint density at radius 2 is 1.73 bits per heavy atom. The highest BCUT2D eigenvalue weighted by Gasteiger charge is 2.36. The van der Waals surface area contributed by atoms with E-state index in [0.29, 0.717) is 11.6 Å². The van der Waals surface area contributed by atoms with Gasteiger partial charge in [-0.2, -0.15) is 4.31 Å². The Morgan fingerprint density at radius 3 is 2.36 bits per heavy atom. The minimum atomic E-state index is -3.51. The molecule has 1 saturated heterocycles. The summed E-state index contributed by atoms with van der Waals surface area (Å²) in [6, 6.07) is 14.4. The maximum atomic E-state index is 12.9. The van der Waals surface area contributed by atoms with Gasteiger partial charge in [0.25, 0.3) is 0 Å². The molecule has 1 fully saturated rings. The molecule has 0 amide bonds. The van der Waals surface area contributed by atoms with Crippen LogP contribution in [-0.2, 0) is 10.0 Å². The number of rotatable bonds is 3. The van der Waals surface area contributed by atoms with Crippen molar-refractivity contribution in [1.29, 1.82) is 0 Å². The zero-order chi connectivity index (χ0) is 15.7. The molecule has 0 aromatic heterocycles. The van der Waals surface area contributed by atoms with Gasteiger partial charge < -0.3 is 0 Å². The van der Waals surface area contributed by atoms with E-state index in [2.05, 4.69) is 0 Å². The van der Waals surface area contributed by atoms with Gasteiger partial charge in [-0.05, 0) is 36.8 Å². The summed E-state index contributed by atoms with van der Waals surface area (Å²) in [6.45, 7) is 2.54. The number of hydrogen-bond donors (Lipinski definition) is 0. The van der Waals surface area contributed by atoms with Crippen molar-refractivity contribution >= 4 is 33.4 Å². The van der Waals surface area contributed by atoms with Crippen molar-refractivity contribution in [2.75, 3.05) is 12.3 Å². The van der Waals surface area contributed by atoms with Crippen LogP contribution in [-0.4, -0.2) is 25.0 Å². The highest BCUT2D eigenvalue weighted by molar-refractivity contribution is 8.01. The lowest BCUT2D eigenvalue weighted by atomic mass is 10.1. The van der Waals surface area contributed by atoms with Crippen molar-refractivity contribution in [3.63, 3.8) is 0 Å². The van der Waals surface area contributed by atoms with E-state index in [1.807, 2.05) is 31.2 Å². The molecular formula is C16H16ClNO2S2. The Balaban J connectivity index is 1.95. The first-order chi connectivity index (χ1) is 10.5. The van der Waals surface area contributed by atoms with Gasteiger partial charge >= 0.3 is 0 Å². The second-order valence-electron chi connectivity index (χ2n) is 5.20. The predicted octanol–water partition coefficient (Wildman–Crippen LogP) is 4.08. The molecule has 22 heavy (non-hydrogen) atoms. The van der Waals surface area contributed by atoms with Crippen LogP contribution < -0.4 is 0 Å². The Labute approximate surface area is 140 Å². The number of thioether (sulfide) groups is 1. The lowest BCUT2D eigenvalue weighted by molar-refractivity contribution is 0.434. The second-order valence-corrected chi connectivity index (χ2v) is 8.72. The molecule has 1 unspecified atom stereocenters. The second kappa shape index (κ2) is 6.24. The maximum absolute atomic E-state index is 12.9. The Kier molecular flexibility index (Phi) is 4.50. The molecule has 0 N–H and O–H groups in total. The number of benzene rings is 2. The van der Waals surface area contributed by atoms with Crippen LogP contribution in [0.3, 0.4) is 0 Å². The summed E-state index contributed by atoms with van der Waals surface area (Å²) < 4.78 is 27.3. The third kappa shape index (κ3) is 3.04. The number of halogens is 1. The van der Waals surface area contributed by atoms with Crippen LogP contribution in [0.1, 0.15) is 16.5 Å². The molecule has 2 aromatic carbocycles. The fourth-order valence-electron chi connectivity index (χ4n) is 2.44. The molecule has 0 spiro atoms. The lowest BCUT2D eigenvalue weighted by Crippen LogP contribution is -2.30. The summed E-state index contributed by atoms with van der Waals surface area (Å²) in [5, 5.41) is 0.367. The van der Waals surface area contributed by atoms with E-state index in [4.69, 9.17) is 11.6 Å². The largest absolute Gasteiger partial charge is 0.244 e. The fraction of sp³-hybridized carbons (Fsp3) is 0.250. The molecule has 0 radical (unpaired) electrons. The topological polar surface area (TPSA) is 37.4 Å². The third-order valence-corrected chi connectivity index (χ3v) is 7.16. The van der Waals surface area contributed by atoms with Crippen molar-refractivity contribution in [2.45, 2.75) is 17.2 Å². The molecule has 0 saturated carbocycles. The normalized spacial score (nSPS) is 19.5. The van der Waals surface area contributed by atoms with Gasteiger partial charge in [0.2, 0.25) is 10.0 Å². The number of aryl methyl sites for hydroxylation is 1. The van der Waals surface area contributed by atoms with Crippen LogP contribution in [0.15, 0.2) is 53.4 Å². The first-order valence-electron chi connectivity index (χ1n) is 6.94. The van der Waals surface area contributed by atoms with E-state index in [0.717, 1.165) is 11.3 Å². The first-order valence-corrected chi connectivity index (χ1v) is 9.81. The molecule has 3 nitrogen and oxygen atoms in total. The highest BCUT2D eigenvalue weighted by atomic mass is 35.5. The molecule has 6 heteroatoms. The molecule has 1 heterocycles. The molecule has 0 aliphatic carbocycles. The summed E-state index contributed by atoms with van der Waals surface area (Å²) in [5.74, 6) is 0.797. The summed E-state index contributed by atoms with van der Waals surface area (Å²) in [7, 11) is -3.51. The van der Waals surface area contributed by atoms with Crippen LogP contribution in [0.2, 0.25) is 5.02 Å². The molecule has 2 aromatic rings. The summed E-state index contributed by atoms with van der Waals surface area (Å²) in [4.78, 5) is 0.288. The van der Waals surface area contributed by atoms with Crippen LogP contribution in [0.4, 0.5) is 0 Å². The van der Waals surface area contributed by atoms with Gasteiger partial charge in [0.15, 0.2) is 0 Å². The lowest BCUT2D eigenvalue weighted by Gasteiger charge is -2.23. The first kappa shape index (κ1) is 15.9. The zero-order valence-corrected chi connectivity index (χ0v) is 14.5. The van der Waals surface area contributed by atoms with Crippen LogP contribution in [0.5, 0.6) is 0 Å². The van der Waals surface area contributed by atoms with Crippen LogP contribution in [0, 0.1) is 6.92 Å². The minimum absolute atomic E-state index is 0.165. The average Bonchev–Trinajstić information content (AvgIpc) is 2.99. The standard InChI is InChI=1S/C16H16ClNO2S2/c1-12-2-4-13(5-3-12)16-18(10-11-21-16)22(19,20)15-8-6-14(17)7-9-15/h2-9,16H,10-11H2,1H3. The minimum Gasteiger partial charge on any atom is -0.207 e. The predicted molar refractivity (Wildman–Crippen MR) is 91.7 cm³/mol. The van der Waals surface area contributed by atoms with E-state index in [9.17, 15) is 8.42 Å². The quantitative estimate of drug-likeness (QED) is 0.834. The number of hydrogen-bond acceptors (Lipinski definition) is 3. The molecule has 1 aliphatic heterocycles. The number of sulfonamides is 1. The average molecular weight is 354 g/mol. The molecule has 3 rings (SSSR count). The molecule has 1 aliphatic rings.